The number of nitrogens with zero attached hydrogens (tertiary/aromatic N) is 1. The van der Waals surface area contributed by atoms with Crippen LogP contribution in [0.2, 0.25) is 0 Å². The van der Waals surface area contributed by atoms with Crippen molar-refractivity contribution >= 4 is 17.4 Å². The van der Waals surface area contributed by atoms with Crippen molar-refractivity contribution in [2.45, 2.75) is 25.3 Å². The van der Waals surface area contributed by atoms with Gasteiger partial charge in [0.25, 0.3) is 0 Å². The number of carbonyl (C=O) groups is 2. The van der Waals surface area contributed by atoms with Crippen molar-refractivity contribution in [2.75, 3.05) is 4.90 Å². The van der Waals surface area contributed by atoms with Crippen LogP contribution in [-0.4, -0.2) is 17.7 Å². The molecular formula is C14H13NO2. The van der Waals surface area contributed by atoms with Gasteiger partial charge in [-0.25, -0.2) is 0 Å². The van der Waals surface area contributed by atoms with Crippen LogP contribution >= 0.6 is 0 Å². The standard InChI is InChI=1S/C14H13NO2/c16-12-7-8-5-6-10-13(8)15(12)11-4-2-1-3-9(11)14(10)17/h1-4,8,10,13H,5-7H2/t8-,10-,13+/m0/s1. The molecule has 2 heterocycles. The third-order valence-corrected chi connectivity index (χ3v) is 4.51. The highest BCUT2D eigenvalue weighted by atomic mass is 16.2. The summed E-state index contributed by atoms with van der Waals surface area (Å²) in [4.78, 5) is 26.4. The Morgan fingerprint density at radius 3 is 2.82 bits per heavy atom. The molecule has 3 atom stereocenters. The van der Waals surface area contributed by atoms with Gasteiger partial charge in [-0.1, -0.05) is 12.1 Å². The molecule has 1 aliphatic carbocycles. The van der Waals surface area contributed by atoms with Gasteiger partial charge >= 0.3 is 0 Å². The van der Waals surface area contributed by atoms with E-state index in [1.807, 2.05) is 29.2 Å². The number of anilines is 1. The second kappa shape index (κ2) is 2.97. The van der Waals surface area contributed by atoms with Gasteiger partial charge in [-0.05, 0) is 30.9 Å². The first kappa shape index (κ1) is 9.40. The molecule has 1 saturated heterocycles. The van der Waals surface area contributed by atoms with E-state index in [9.17, 15) is 9.59 Å². The molecule has 1 saturated carbocycles. The van der Waals surface area contributed by atoms with Gasteiger partial charge < -0.3 is 4.90 Å². The van der Waals surface area contributed by atoms with Crippen molar-refractivity contribution in [1.29, 1.82) is 0 Å². The lowest BCUT2D eigenvalue weighted by atomic mass is 9.86. The van der Waals surface area contributed by atoms with Crippen molar-refractivity contribution < 1.29 is 9.59 Å². The molecule has 4 rings (SSSR count). The maximum absolute atomic E-state index is 12.4. The number of hydrogen-bond acceptors (Lipinski definition) is 2. The van der Waals surface area contributed by atoms with Crippen LogP contribution in [0.3, 0.4) is 0 Å². The highest BCUT2D eigenvalue weighted by molar-refractivity contribution is 6.12. The number of Topliss-reactive ketones (excluding diaryl/α,β-unsaturated/α-hetero) is 1. The SMILES string of the molecule is O=C1c2ccccc2N2C(=O)C[C@@H]3CC[C@H]1[C@@H]32. The summed E-state index contributed by atoms with van der Waals surface area (Å²) in [5, 5.41) is 0. The molecule has 2 aliphatic heterocycles. The molecule has 0 bridgehead atoms. The lowest BCUT2D eigenvalue weighted by molar-refractivity contribution is -0.117. The summed E-state index contributed by atoms with van der Waals surface area (Å²) in [5.74, 6) is 0.912. The molecule has 1 amide bonds. The van der Waals surface area contributed by atoms with Crippen LogP contribution in [0, 0.1) is 11.8 Å². The molecule has 0 unspecified atom stereocenters. The number of rotatable bonds is 0. The Morgan fingerprint density at radius 1 is 1.12 bits per heavy atom. The maximum atomic E-state index is 12.4. The van der Waals surface area contributed by atoms with Gasteiger partial charge in [-0.15, -0.1) is 0 Å². The Balaban J connectivity index is 1.97. The van der Waals surface area contributed by atoms with Crippen LogP contribution < -0.4 is 4.90 Å². The minimum atomic E-state index is 0.0568. The maximum Gasteiger partial charge on any atom is 0.227 e. The number of carbonyl (C=O) groups excluding carboxylic acids is 2. The summed E-state index contributed by atoms with van der Waals surface area (Å²) in [6.45, 7) is 0. The molecule has 86 valence electrons. The number of hydrogen-bond donors (Lipinski definition) is 0. The van der Waals surface area contributed by atoms with E-state index in [1.54, 1.807) is 0 Å². The second-order valence-corrected chi connectivity index (χ2v) is 5.28. The van der Waals surface area contributed by atoms with E-state index in [0.717, 1.165) is 24.1 Å². The number of fused-ring (bicyclic) bond motifs is 2. The average Bonchev–Trinajstić information content (AvgIpc) is 2.87. The van der Waals surface area contributed by atoms with Gasteiger partial charge in [-0.2, -0.15) is 0 Å². The van der Waals surface area contributed by atoms with Crippen molar-refractivity contribution in [2.24, 2.45) is 11.8 Å². The fourth-order valence-electron chi connectivity index (χ4n) is 3.84. The molecule has 3 nitrogen and oxygen atoms in total. The molecule has 0 N–H and O–H groups in total. The molecule has 17 heavy (non-hydrogen) atoms. The first-order chi connectivity index (χ1) is 8.27. The molecule has 0 aromatic heterocycles. The van der Waals surface area contributed by atoms with Gasteiger partial charge in [0.15, 0.2) is 5.78 Å². The van der Waals surface area contributed by atoms with Crippen LogP contribution in [0.25, 0.3) is 0 Å². The Kier molecular flexibility index (Phi) is 1.64. The Hall–Kier alpha value is -1.64. The summed E-state index contributed by atoms with van der Waals surface area (Å²) >= 11 is 0. The topological polar surface area (TPSA) is 37.4 Å². The molecule has 0 spiro atoms. The van der Waals surface area contributed by atoms with E-state index in [-0.39, 0.29) is 23.7 Å². The first-order valence-corrected chi connectivity index (χ1v) is 6.22. The predicted octanol–water partition coefficient (Wildman–Crippen LogP) is 2.01. The Morgan fingerprint density at radius 2 is 1.94 bits per heavy atom. The zero-order valence-electron chi connectivity index (χ0n) is 9.43. The predicted molar refractivity (Wildman–Crippen MR) is 62.9 cm³/mol. The van der Waals surface area contributed by atoms with E-state index >= 15 is 0 Å². The van der Waals surface area contributed by atoms with Crippen molar-refractivity contribution in [1.82, 2.24) is 0 Å². The van der Waals surface area contributed by atoms with Crippen LogP contribution in [0.4, 0.5) is 5.69 Å². The summed E-state index contributed by atoms with van der Waals surface area (Å²) in [5.41, 5.74) is 1.58. The fraction of sp³-hybridized carbons (Fsp3) is 0.429. The number of para-hydroxylation sites is 1. The van der Waals surface area contributed by atoms with E-state index in [4.69, 9.17) is 0 Å². The summed E-state index contributed by atoms with van der Waals surface area (Å²) < 4.78 is 0. The number of amides is 1. The molecule has 3 aliphatic rings. The smallest absolute Gasteiger partial charge is 0.227 e. The van der Waals surface area contributed by atoms with E-state index in [2.05, 4.69) is 0 Å². The highest BCUT2D eigenvalue weighted by Gasteiger charge is 2.54. The lowest BCUT2D eigenvalue weighted by Crippen LogP contribution is -2.45. The monoisotopic (exact) mass is 227 g/mol. The lowest BCUT2D eigenvalue weighted by Gasteiger charge is -2.35. The van der Waals surface area contributed by atoms with Crippen molar-refractivity contribution in [3.8, 4) is 0 Å². The second-order valence-electron chi connectivity index (χ2n) is 5.28. The zero-order chi connectivity index (χ0) is 11.6. The van der Waals surface area contributed by atoms with Gasteiger partial charge in [-0.3, -0.25) is 9.59 Å². The van der Waals surface area contributed by atoms with E-state index in [1.165, 1.54) is 0 Å². The normalized spacial score (nSPS) is 33.9. The minimum Gasteiger partial charge on any atom is -0.308 e. The summed E-state index contributed by atoms with van der Waals surface area (Å²) in [7, 11) is 0. The highest BCUT2D eigenvalue weighted by Crippen LogP contribution is 2.49. The van der Waals surface area contributed by atoms with E-state index in [0.29, 0.717) is 12.3 Å². The number of ketones is 1. The van der Waals surface area contributed by atoms with Crippen LogP contribution in [-0.2, 0) is 4.79 Å². The molecule has 0 radical (unpaired) electrons. The quantitative estimate of drug-likeness (QED) is 0.680. The number of benzene rings is 1. The Labute approximate surface area is 99.4 Å². The molecule has 3 heteroatoms. The van der Waals surface area contributed by atoms with Crippen molar-refractivity contribution in [3.05, 3.63) is 29.8 Å². The third kappa shape index (κ3) is 1.02. The summed E-state index contributed by atoms with van der Waals surface area (Å²) in [6.07, 6.45) is 2.60. The largest absolute Gasteiger partial charge is 0.308 e. The average molecular weight is 227 g/mol. The third-order valence-electron chi connectivity index (χ3n) is 4.51. The Bertz CT molecular complexity index is 537. The molecule has 1 aromatic carbocycles. The molecular weight excluding hydrogens is 214 g/mol. The van der Waals surface area contributed by atoms with Crippen LogP contribution in [0.1, 0.15) is 29.6 Å². The fourth-order valence-corrected chi connectivity index (χ4v) is 3.84. The molecule has 1 aromatic rings. The minimum absolute atomic E-state index is 0.0568. The van der Waals surface area contributed by atoms with Gasteiger partial charge in [0, 0.05) is 17.9 Å². The van der Waals surface area contributed by atoms with Gasteiger partial charge in [0.05, 0.1) is 11.7 Å². The first-order valence-electron chi connectivity index (χ1n) is 6.22. The summed E-state index contributed by atoms with van der Waals surface area (Å²) in [6, 6.07) is 7.70. The molecule has 2 fully saturated rings. The zero-order valence-corrected chi connectivity index (χ0v) is 9.43. The van der Waals surface area contributed by atoms with Crippen LogP contribution in [0.5, 0.6) is 0 Å². The van der Waals surface area contributed by atoms with Crippen LogP contribution in [0.15, 0.2) is 24.3 Å². The van der Waals surface area contributed by atoms with Crippen molar-refractivity contribution in [3.63, 3.8) is 0 Å². The van der Waals surface area contributed by atoms with Gasteiger partial charge in [0.2, 0.25) is 5.91 Å². The van der Waals surface area contributed by atoms with Gasteiger partial charge in [0.1, 0.15) is 0 Å². The van der Waals surface area contributed by atoms with E-state index < -0.39 is 0 Å².